The van der Waals surface area contributed by atoms with Crippen molar-refractivity contribution < 1.29 is 19.1 Å². The number of benzene rings is 2. The highest BCUT2D eigenvalue weighted by Crippen LogP contribution is 2.48. The maximum atomic E-state index is 13.2. The number of fused-ring (bicyclic) bond motifs is 3. The number of anilines is 2. The summed E-state index contributed by atoms with van der Waals surface area (Å²) in [5.74, 6) is -0.422. The summed E-state index contributed by atoms with van der Waals surface area (Å²) in [5.41, 5.74) is 2.16. The molecular formula is C22H25FN4O3. The number of carbonyl (C=O) groups excluding carboxylic acids is 2. The molecule has 7 nitrogen and oxygen atoms in total. The summed E-state index contributed by atoms with van der Waals surface area (Å²) in [6.07, 6.45) is 0. The highest BCUT2D eigenvalue weighted by molar-refractivity contribution is 6.03. The largest absolute Gasteiger partial charge is 0.394 e. The van der Waals surface area contributed by atoms with Gasteiger partial charge in [-0.25, -0.2) is 14.0 Å². The number of amides is 4. The number of aliphatic hydroxyl groups excluding tert-OH is 1. The molecule has 2 aromatic rings. The van der Waals surface area contributed by atoms with Crippen molar-refractivity contribution in [3.05, 3.63) is 59.9 Å². The Morgan fingerprint density at radius 3 is 2.50 bits per heavy atom. The molecule has 0 bridgehead atoms. The van der Waals surface area contributed by atoms with Crippen LogP contribution in [0.15, 0.2) is 48.5 Å². The van der Waals surface area contributed by atoms with Gasteiger partial charge in [-0.2, -0.15) is 0 Å². The molecule has 3 atom stereocenters. The SMILES string of the molecule is CC(C)NC(=O)N1[C@H](CO)[C@H]2c3ccccc3N(C(=O)Nc3ccc(F)cc3)C[C@H]21. The number of rotatable bonds is 3. The van der Waals surface area contributed by atoms with Gasteiger partial charge < -0.3 is 20.6 Å². The quantitative estimate of drug-likeness (QED) is 0.724. The molecule has 30 heavy (non-hydrogen) atoms. The molecule has 2 aliphatic heterocycles. The van der Waals surface area contributed by atoms with Crippen LogP contribution >= 0.6 is 0 Å². The fourth-order valence-corrected chi connectivity index (χ4v) is 4.40. The lowest BCUT2D eigenvalue weighted by Gasteiger charge is -2.58. The van der Waals surface area contributed by atoms with E-state index in [0.717, 1.165) is 11.3 Å². The van der Waals surface area contributed by atoms with Gasteiger partial charge in [0.1, 0.15) is 5.82 Å². The van der Waals surface area contributed by atoms with Gasteiger partial charge in [0.05, 0.1) is 18.7 Å². The number of carbonyl (C=O) groups is 2. The Hall–Kier alpha value is -3.13. The summed E-state index contributed by atoms with van der Waals surface area (Å²) in [6, 6.07) is 11.9. The van der Waals surface area contributed by atoms with Crippen molar-refractivity contribution in [1.82, 2.24) is 10.2 Å². The number of halogens is 1. The molecule has 0 aromatic heterocycles. The minimum Gasteiger partial charge on any atom is -0.394 e. The van der Waals surface area contributed by atoms with Crippen molar-refractivity contribution in [3.8, 4) is 0 Å². The van der Waals surface area contributed by atoms with E-state index in [1.54, 1.807) is 9.80 Å². The molecule has 2 heterocycles. The van der Waals surface area contributed by atoms with Crippen LogP contribution in [0.1, 0.15) is 25.3 Å². The Kier molecular flexibility index (Phi) is 5.34. The maximum Gasteiger partial charge on any atom is 0.326 e. The third-order valence-corrected chi connectivity index (χ3v) is 5.67. The van der Waals surface area contributed by atoms with E-state index in [0.29, 0.717) is 12.2 Å². The van der Waals surface area contributed by atoms with Crippen LogP contribution in [-0.4, -0.2) is 53.3 Å². The number of aliphatic hydroxyl groups is 1. The van der Waals surface area contributed by atoms with E-state index in [-0.39, 0.29) is 48.5 Å². The minimum absolute atomic E-state index is 0.0374. The van der Waals surface area contributed by atoms with E-state index in [1.807, 2.05) is 38.1 Å². The zero-order valence-electron chi connectivity index (χ0n) is 16.9. The molecule has 0 radical (unpaired) electrons. The van der Waals surface area contributed by atoms with Gasteiger partial charge in [-0.05, 0) is 49.7 Å². The molecule has 158 valence electrons. The molecule has 0 unspecified atom stereocenters. The van der Waals surface area contributed by atoms with Crippen LogP contribution < -0.4 is 15.5 Å². The third kappa shape index (κ3) is 3.47. The van der Waals surface area contributed by atoms with Crippen LogP contribution in [0.4, 0.5) is 25.4 Å². The summed E-state index contributed by atoms with van der Waals surface area (Å²) in [4.78, 5) is 29.0. The Morgan fingerprint density at radius 2 is 1.83 bits per heavy atom. The predicted molar refractivity (Wildman–Crippen MR) is 112 cm³/mol. The molecule has 2 aromatic carbocycles. The van der Waals surface area contributed by atoms with Crippen molar-refractivity contribution in [2.45, 2.75) is 37.9 Å². The van der Waals surface area contributed by atoms with E-state index in [2.05, 4.69) is 10.6 Å². The van der Waals surface area contributed by atoms with Crippen LogP contribution in [0.3, 0.4) is 0 Å². The molecule has 0 spiro atoms. The normalized spacial score (nSPS) is 22.1. The van der Waals surface area contributed by atoms with E-state index in [4.69, 9.17) is 0 Å². The number of likely N-dealkylation sites (tertiary alicyclic amines) is 1. The fourth-order valence-electron chi connectivity index (χ4n) is 4.40. The Labute approximate surface area is 174 Å². The number of nitrogens with zero attached hydrogens (tertiary/aromatic N) is 2. The number of hydrogen-bond donors (Lipinski definition) is 3. The van der Waals surface area contributed by atoms with Crippen molar-refractivity contribution in [2.75, 3.05) is 23.4 Å². The molecule has 1 saturated heterocycles. The summed E-state index contributed by atoms with van der Waals surface area (Å²) >= 11 is 0. The third-order valence-electron chi connectivity index (χ3n) is 5.67. The first-order chi connectivity index (χ1) is 14.4. The highest BCUT2D eigenvalue weighted by atomic mass is 19.1. The molecule has 0 aliphatic carbocycles. The fraction of sp³-hybridized carbons (Fsp3) is 0.364. The first kappa shape index (κ1) is 20.2. The van der Waals surface area contributed by atoms with Crippen LogP contribution in [0.2, 0.25) is 0 Å². The van der Waals surface area contributed by atoms with Gasteiger partial charge in [0.2, 0.25) is 0 Å². The molecule has 1 fully saturated rings. The van der Waals surface area contributed by atoms with Gasteiger partial charge >= 0.3 is 12.1 Å². The van der Waals surface area contributed by atoms with E-state index < -0.39 is 0 Å². The van der Waals surface area contributed by atoms with Crippen molar-refractivity contribution in [3.63, 3.8) is 0 Å². The second-order valence-corrected chi connectivity index (χ2v) is 7.96. The highest BCUT2D eigenvalue weighted by Gasteiger charge is 2.55. The van der Waals surface area contributed by atoms with Crippen LogP contribution in [0, 0.1) is 5.82 Å². The average molecular weight is 412 g/mol. The van der Waals surface area contributed by atoms with E-state index >= 15 is 0 Å². The van der Waals surface area contributed by atoms with Gasteiger partial charge in [0, 0.05) is 29.9 Å². The first-order valence-electron chi connectivity index (χ1n) is 10.0. The van der Waals surface area contributed by atoms with Crippen molar-refractivity contribution in [1.29, 1.82) is 0 Å². The van der Waals surface area contributed by atoms with Crippen molar-refractivity contribution in [2.24, 2.45) is 0 Å². The molecule has 4 rings (SSSR count). The summed E-state index contributed by atoms with van der Waals surface area (Å²) < 4.78 is 13.2. The minimum atomic E-state index is -0.379. The van der Waals surface area contributed by atoms with Crippen LogP contribution in [0.5, 0.6) is 0 Å². The van der Waals surface area contributed by atoms with Gasteiger partial charge in [0.15, 0.2) is 0 Å². The zero-order valence-corrected chi connectivity index (χ0v) is 16.9. The van der Waals surface area contributed by atoms with Gasteiger partial charge in [-0.15, -0.1) is 0 Å². The average Bonchev–Trinajstić information content (AvgIpc) is 2.69. The monoisotopic (exact) mass is 412 g/mol. The first-order valence-corrected chi connectivity index (χ1v) is 10.0. The Balaban J connectivity index is 1.62. The summed E-state index contributed by atoms with van der Waals surface area (Å²) in [6.45, 7) is 3.91. The predicted octanol–water partition coefficient (Wildman–Crippen LogP) is 3.12. The van der Waals surface area contributed by atoms with Gasteiger partial charge in [-0.1, -0.05) is 18.2 Å². The maximum absolute atomic E-state index is 13.2. The molecule has 0 saturated carbocycles. The second kappa shape index (κ2) is 7.95. The molecule has 8 heteroatoms. The lowest BCUT2D eigenvalue weighted by Crippen LogP contribution is -2.72. The summed E-state index contributed by atoms with van der Waals surface area (Å²) in [7, 11) is 0. The smallest absolute Gasteiger partial charge is 0.326 e. The zero-order chi connectivity index (χ0) is 21.4. The van der Waals surface area contributed by atoms with Crippen LogP contribution in [-0.2, 0) is 0 Å². The lowest BCUT2D eigenvalue weighted by molar-refractivity contribution is -0.00739. The van der Waals surface area contributed by atoms with Crippen molar-refractivity contribution >= 4 is 23.4 Å². The number of hydrogen-bond acceptors (Lipinski definition) is 3. The summed E-state index contributed by atoms with van der Waals surface area (Å²) in [5, 5.41) is 15.6. The molecular weight excluding hydrogens is 387 g/mol. The molecule has 4 amide bonds. The number of para-hydroxylation sites is 1. The Bertz CT molecular complexity index is 950. The second-order valence-electron chi connectivity index (χ2n) is 7.96. The number of urea groups is 2. The van der Waals surface area contributed by atoms with E-state index in [1.165, 1.54) is 24.3 Å². The molecule has 3 N–H and O–H groups in total. The molecule has 2 aliphatic rings. The van der Waals surface area contributed by atoms with Crippen LogP contribution in [0.25, 0.3) is 0 Å². The van der Waals surface area contributed by atoms with E-state index in [9.17, 15) is 19.1 Å². The lowest BCUT2D eigenvalue weighted by atomic mass is 9.72. The van der Waals surface area contributed by atoms with Gasteiger partial charge in [-0.3, -0.25) is 4.90 Å². The number of nitrogens with one attached hydrogen (secondary N) is 2. The Morgan fingerprint density at radius 1 is 1.13 bits per heavy atom. The topological polar surface area (TPSA) is 84.9 Å². The van der Waals surface area contributed by atoms with Gasteiger partial charge in [0.25, 0.3) is 0 Å². The standard InChI is InChI=1S/C22H25FN4O3/c1-13(2)24-22(30)27-18-11-26(21(29)25-15-9-7-14(23)8-10-15)17-6-4-3-5-16(17)20(18)19(27)12-28/h3-10,13,18-20,28H,11-12H2,1-2H3,(H,24,30)(H,25,29)/t18-,19-,20+/m1/s1.